The Kier molecular flexibility index (Phi) is 4.45. The molecule has 1 aromatic heterocycles. The molecular weight excluding hydrogens is 287 g/mol. The van der Waals surface area contributed by atoms with Gasteiger partial charge in [0.25, 0.3) is 0 Å². The van der Waals surface area contributed by atoms with Crippen LogP contribution in [0.3, 0.4) is 0 Å². The normalized spacial score (nSPS) is 10.6. The average molecular weight is 299 g/mol. The highest BCUT2D eigenvalue weighted by Crippen LogP contribution is 2.27. The number of carboxylic acids is 1. The molecule has 0 atom stereocenters. The highest BCUT2D eigenvalue weighted by atomic mass is 35.5. The lowest BCUT2D eigenvalue weighted by Gasteiger charge is -2.08. The summed E-state index contributed by atoms with van der Waals surface area (Å²) in [4.78, 5) is 14.8. The molecule has 0 aliphatic heterocycles. The number of aryl methyl sites for hydroxylation is 1. The van der Waals surface area contributed by atoms with Crippen molar-refractivity contribution in [2.24, 2.45) is 0 Å². The quantitative estimate of drug-likeness (QED) is 0.922. The summed E-state index contributed by atoms with van der Waals surface area (Å²) < 4.78 is 1.81. The van der Waals surface area contributed by atoms with Gasteiger partial charge < -0.3 is 9.67 Å². The third kappa shape index (κ3) is 3.49. The van der Waals surface area contributed by atoms with Crippen LogP contribution in [-0.2, 0) is 17.8 Å². The molecule has 0 radical (unpaired) electrons. The van der Waals surface area contributed by atoms with Gasteiger partial charge in [0.15, 0.2) is 0 Å². The summed E-state index contributed by atoms with van der Waals surface area (Å²) in [6, 6.07) is 5.43. The third-order valence-corrected chi connectivity index (χ3v) is 3.61. The molecule has 6 heteroatoms. The van der Waals surface area contributed by atoms with Crippen molar-refractivity contribution < 1.29 is 9.90 Å². The van der Waals surface area contributed by atoms with Gasteiger partial charge in [0.2, 0.25) is 0 Å². The number of hydrogen-bond donors (Lipinski definition) is 1. The molecule has 100 valence electrons. The van der Waals surface area contributed by atoms with Gasteiger partial charge in [-0.1, -0.05) is 35.3 Å². The van der Waals surface area contributed by atoms with Crippen LogP contribution in [0.15, 0.2) is 30.6 Å². The molecule has 0 amide bonds. The Balaban J connectivity index is 2.17. The Labute approximate surface area is 120 Å². The van der Waals surface area contributed by atoms with Gasteiger partial charge in [-0.25, -0.2) is 4.98 Å². The summed E-state index contributed by atoms with van der Waals surface area (Å²) in [7, 11) is 0. The van der Waals surface area contributed by atoms with E-state index in [2.05, 4.69) is 4.98 Å². The molecule has 1 N–H and O–H groups in total. The van der Waals surface area contributed by atoms with Crippen LogP contribution in [0.25, 0.3) is 0 Å². The SMILES string of the molecule is O=C(O)CCn1ccnc1Cc1cccc(Cl)c1Cl. The van der Waals surface area contributed by atoms with Gasteiger partial charge in [0.05, 0.1) is 16.5 Å². The van der Waals surface area contributed by atoms with Crippen LogP contribution < -0.4 is 0 Å². The third-order valence-electron chi connectivity index (χ3n) is 2.75. The van der Waals surface area contributed by atoms with Gasteiger partial charge in [-0.15, -0.1) is 0 Å². The second kappa shape index (κ2) is 6.08. The van der Waals surface area contributed by atoms with Gasteiger partial charge >= 0.3 is 5.97 Å². The predicted octanol–water partition coefficient (Wildman–Crippen LogP) is 3.26. The van der Waals surface area contributed by atoms with E-state index in [1.54, 1.807) is 18.5 Å². The van der Waals surface area contributed by atoms with Crippen LogP contribution in [0.1, 0.15) is 17.8 Å². The van der Waals surface area contributed by atoms with Crippen molar-refractivity contribution in [3.63, 3.8) is 0 Å². The average Bonchev–Trinajstić information content (AvgIpc) is 2.80. The topological polar surface area (TPSA) is 55.1 Å². The summed E-state index contributed by atoms with van der Waals surface area (Å²) in [6.07, 6.45) is 3.99. The second-order valence-electron chi connectivity index (χ2n) is 4.07. The maximum atomic E-state index is 10.6. The fourth-order valence-electron chi connectivity index (χ4n) is 1.78. The molecule has 0 aliphatic rings. The summed E-state index contributed by atoms with van der Waals surface area (Å²) in [5, 5.41) is 9.71. The molecule has 0 bridgehead atoms. The molecule has 0 unspecified atom stereocenters. The van der Waals surface area contributed by atoms with E-state index >= 15 is 0 Å². The number of hydrogen-bond acceptors (Lipinski definition) is 2. The van der Waals surface area contributed by atoms with Crippen LogP contribution in [0.2, 0.25) is 10.0 Å². The van der Waals surface area contributed by atoms with Gasteiger partial charge in [-0.05, 0) is 11.6 Å². The molecule has 0 saturated carbocycles. The minimum Gasteiger partial charge on any atom is -0.481 e. The first-order valence-corrected chi connectivity index (χ1v) is 6.48. The molecule has 19 heavy (non-hydrogen) atoms. The fourth-order valence-corrected chi connectivity index (χ4v) is 2.17. The minimum atomic E-state index is -0.833. The Morgan fingerprint density at radius 3 is 2.89 bits per heavy atom. The van der Waals surface area contributed by atoms with E-state index in [1.165, 1.54) is 0 Å². The fraction of sp³-hybridized carbons (Fsp3) is 0.231. The number of carbonyl (C=O) groups is 1. The van der Waals surface area contributed by atoms with Gasteiger partial charge in [-0.2, -0.15) is 0 Å². The number of aliphatic carboxylic acids is 1. The Morgan fingerprint density at radius 2 is 2.16 bits per heavy atom. The van der Waals surface area contributed by atoms with E-state index in [1.807, 2.05) is 16.7 Å². The second-order valence-corrected chi connectivity index (χ2v) is 4.86. The maximum Gasteiger partial charge on any atom is 0.305 e. The Hall–Kier alpha value is -1.52. The molecule has 4 nitrogen and oxygen atoms in total. The Morgan fingerprint density at radius 1 is 1.37 bits per heavy atom. The summed E-state index contributed by atoms with van der Waals surface area (Å²) in [6.45, 7) is 0.392. The van der Waals surface area contributed by atoms with E-state index < -0.39 is 5.97 Å². The zero-order valence-electron chi connectivity index (χ0n) is 10.0. The molecular formula is C13H12Cl2N2O2. The first-order valence-electron chi connectivity index (χ1n) is 5.72. The van der Waals surface area contributed by atoms with Crippen molar-refractivity contribution in [3.05, 3.63) is 52.0 Å². The number of aromatic nitrogens is 2. The molecule has 0 aliphatic carbocycles. The predicted molar refractivity (Wildman–Crippen MR) is 73.7 cm³/mol. The van der Waals surface area contributed by atoms with Crippen LogP contribution in [0.4, 0.5) is 0 Å². The lowest BCUT2D eigenvalue weighted by atomic mass is 10.1. The van der Waals surface area contributed by atoms with Crippen molar-refractivity contribution >= 4 is 29.2 Å². The number of halogens is 2. The van der Waals surface area contributed by atoms with Gasteiger partial charge in [0, 0.05) is 25.4 Å². The van der Waals surface area contributed by atoms with E-state index in [0.29, 0.717) is 23.0 Å². The molecule has 2 aromatic rings. The molecule has 0 spiro atoms. The number of rotatable bonds is 5. The smallest absolute Gasteiger partial charge is 0.305 e. The number of nitrogens with zero attached hydrogens (tertiary/aromatic N) is 2. The Bertz CT molecular complexity index is 596. The van der Waals surface area contributed by atoms with Crippen molar-refractivity contribution in [3.8, 4) is 0 Å². The zero-order chi connectivity index (χ0) is 13.8. The number of carboxylic acid groups (broad SMARTS) is 1. The van der Waals surface area contributed by atoms with Crippen molar-refractivity contribution in [1.29, 1.82) is 0 Å². The van der Waals surface area contributed by atoms with Crippen molar-refractivity contribution in [2.75, 3.05) is 0 Å². The standard InChI is InChI=1S/C13H12Cl2N2O2/c14-10-3-1-2-9(13(10)15)8-11-16-5-7-17(11)6-4-12(18)19/h1-3,5,7H,4,6,8H2,(H,18,19). The number of imidazole rings is 1. The van der Waals surface area contributed by atoms with E-state index in [4.69, 9.17) is 28.3 Å². The summed E-state index contributed by atoms with van der Waals surface area (Å²) >= 11 is 12.1. The maximum absolute atomic E-state index is 10.6. The van der Waals surface area contributed by atoms with Crippen LogP contribution in [-0.4, -0.2) is 20.6 Å². The highest BCUT2D eigenvalue weighted by molar-refractivity contribution is 6.42. The van der Waals surface area contributed by atoms with E-state index in [0.717, 1.165) is 11.4 Å². The van der Waals surface area contributed by atoms with Crippen LogP contribution in [0, 0.1) is 0 Å². The zero-order valence-corrected chi connectivity index (χ0v) is 11.5. The molecule has 2 rings (SSSR count). The first-order chi connectivity index (χ1) is 9.08. The first kappa shape index (κ1) is 13.9. The van der Waals surface area contributed by atoms with Crippen molar-refractivity contribution in [1.82, 2.24) is 9.55 Å². The lowest BCUT2D eigenvalue weighted by molar-refractivity contribution is -0.137. The summed E-state index contributed by atoms with van der Waals surface area (Å²) in [5.74, 6) is -0.0640. The molecule has 0 saturated heterocycles. The lowest BCUT2D eigenvalue weighted by Crippen LogP contribution is -2.08. The monoisotopic (exact) mass is 298 g/mol. The van der Waals surface area contributed by atoms with E-state index in [-0.39, 0.29) is 6.42 Å². The van der Waals surface area contributed by atoms with Crippen molar-refractivity contribution in [2.45, 2.75) is 19.4 Å². The van der Waals surface area contributed by atoms with Gasteiger partial charge in [-0.3, -0.25) is 4.79 Å². The largest absolute Gasteiger partial charge is 0.481 e. The molecule has 1 aromatic carbocycles. The van der Waals surface area contributed by atoms with E-state index in [9.17, 15) is 4.79 Å². The number of benzene rings is 1. The van der Waals surface area contributed by atoms with Gasteiger partial charge in [0.1, 0.15) is 5.82 Å². The minimum absolute atomic E-state index is 0.0621. The van der Waals surface area contributed by atoms with Crippen LogP contribution >= 0.6 is 23.2 Å². The summed E-state index contributed by atoms with van der Waals surface area (Å²) in [5.41, 5.74) is 0.872. The van der Waals surface area contributed by atoms with Crippen LogP contribution in [0.5, 0.6) is 0 Å². The highest BCUT2D eigenvalue weighted by Gasteiger charge is 2.10. The molecule has 1 heterocycles. The molecule has 0 fully saturated rings.